The Balaban J connectivity index is 1.96. The fourth-order valence-electron chi connectivity index (χ4n) is 2.64. The van der Waals surface area contributed by atoms with Crippen molar-refractivity contribution in [1.29, 1.82) is 0 Å². The number of hydrogen-bond acceptors (Lipinski definition) is 4. The van der Waals surface area contributed by atoms with Gasteiger partial charge in [-0.25, -0.2) is 0 Å². The highest BCUT2D eigenvalue weighted by Crippen LogP contribution is 2.42. The summed E-state index contributed by atoms with van der Waals surface area (Å²) in [6.07, 6.45) is 0. The monoisotopic (exact) mass is 249 g/mol. The van der Waals surface area contributed by atoms with Gasteiger partial charge < -0.3 is 19.9 Å². The molecule has 1 fully saturated rings. The molecule has 1 saturated heterocycles. The maximum Gasteiger partial charge on any atom is 0.161 e. The Morgan fingerprint density at radius 2 is 1.94 bits per heavy atom. The molecule has 98 valence electrons. The fraction of sp³-hybridized carbons (Fsp3) is 0.571. The summed E-state index contributed by atoms with van der Waals surface area (Å²) in [7, 11) is 0. The third-order valence-corrected chi connectivity index (χ3v) is 4.13. The van der Waals surface area contributed by atoms with E-state index in [4.69, 9.17) is 19.9 Å². The smallest absolute Gasteiger partial charge is 0.161 e. The molecule has 0 radical (unpaired) electrons. The molecule has 0 saturated carbocycles. The number of hydrogen-bond donors (Lipinski definition) is 1. The summed E-state index contributed by atoms with van der Waals surface area (Å²) < 4.78 is 16.6. The third-order valence-electron chi connectivity index (χ3n) is 4.13. The Kier molecular flexibility index (Phi) is 2.92. The van der Waals surface area contributed by atoms with Crippen molar-refractivity contribution < 1.29 is 14.2 Å². The van der Waals surface area contributed by atoms with E-state index in [2.05, 4.69) is 19.1 Å². The fourth-order valence-corrected chi connectivity index (χ4v) is 2.64. The van der Waals surface area contributed by atoms with Gasteiger partial charge in [0, 0.05) is 5.41 Å². The molecule has 1 aromatic rings. The zero-order chi connectivity index (χ0) is 12.6. The van der Waals surface area contributed by atoms with Gasteiger partial charge >= 0.3 is 0 Å². The summed E-state index contributed by atoms with van der Waals surface area (Å²) in [5.74, 6) is 2.07. The Hall–Kier alpha value is -1.26. The molecule has 0 aromatic heterocycles. The van der Waals surface area contributed by atoms with Crippen molar-refractivity contribution in [3.63, 3.8) is 0 Å². The first kappa shape index (κ1) is 11.8. The van der Waals surface area contributed by atoms with Crippen LogP contribution in [0.2, 0.25) is 0 Å². The summed E-state index contributed by atoms with van der Waals surface area (Å²) in [6.45, 7) is 5.57. The molecule has 2 aliphatic heterocycles. The van der Waals surface area contributed by atoms with Crippen LogP contribution in [0.25, 0.3) is 0 Å². The van der Waals surface area contributed by atoms with Crippen LogP contribution in [-0.2, 0) is 10.2 Å². The molecule has 2 heterocycles. The minimum Gasteiger partial charge on any atom is -0.486 e. The van der Waals surface area contributed by atoms with Gasteiger partial charge in [-0.3, -0.25) is 0 Å². The van der Waals surface area contributed by atoms with Gasteiger partial charge in [-0.1, -0.05) is 13.0 Å². The lowest BCUT2D eigenvalue weighted by Gasteiger charge is -2.46. The van der Waals surface area contributed by atoms with E-state index in [9.17, 15) is 0 Å². The van der Waals surface area contributed by atoms with Crippen LogP contribution in [0.5, 0.6) is 11.5 Å². The van der Waals surface area contributed by atoms with Crippen molar-refractivity contribution in [2.45, 2.75) is 12.3 Å². The first-order valence-corrected chi connectivity index (χ1v) is 6.44. The summed E-state index contributed by atoms with van der Waals surface area (Å²) in [5, 5.41) is 0. The van der Waals surface area contributed by atoms with Crippen LogP contribution in [0.4, 0.5) is 0 Å². The lowest BCUT2D eigenvalue weighted by molar-refractivity contribution is -0.0855. The highest BCUT2D eigenvalue weighted by Gasteiger charge is 2.44. The van der Waals surface area contributed by atoms with Crippen molar-refractivity contribution >= 4 is 0 Å². The molecular formula is C14H19NO3. The van der Waals surface area contributed by atoms with Crippen molar-refractivity contribution in [3.8, 4) is 11.5 Å². The SMILES string of the molecule is CC(CN)C1(c2ccc3c(c2)OCCO3)COC1. The van der Waals surface area contributed by atoms with E-state index >= 15 is 0 Å². The van der Waals surface area contributed by atoms with Crippen LogP contribution in [0.1, 0.15) is 12.5 Å². The van der Waals surface area contributed by atoms with E-state index in [1.165, 1.54) is 5.56 Å². The number of rotatable bonds is 3. The third kappa shape index (κ3) is 1.68. The van der Waals surface area contributed by atoms with Gasteiger partial charge in [0.2, 0.25) is 0 Å². The zero-order valence-electron chi connectivity index (χ0n) is 10.6. The second-order valence-corrected chi connectivity index (χ2v) is 5.14. The second kappa shape index (κ2) is 4.44. The van der Waals surface area contributed by atoms with E-state index in [1.54, 1.807) is 0 Å². The average molecular weight is 249 g/mol. The predicted octanol–water partition coefficient (Wildman–Crippen LogP) is 1.32. The number of benzene rings is 1. The van der Waals surface area contributed by atoms with Crippen molar-refractivity contribution in [3.05, 3.63) is 23.8 Å². The minimum atomic E-state index is 0.0462. The van der Waals surface area contributed by atoms with Gasteiger partial charge in [0.15, 0.2) is 11.5 Å². The van der Waals surface area contributed by atoms with Gasteiger partial charge in [0.1, 0.15) is 13.2 Å². The summed E-state index contributed by atoms with van der Waals surface area (Å²) >= 11 is 0. The molecule has 4 nitrogen and oxygen atoms in total. The summed E-state index contributed by atoms with van der Waals surface area (Å²) in [6, 6.07) is 6.19. The average Bonchev–Trinajstić information content (AvgIpc) is 2.37. The van der Waals surface area contributed by atoms with E-state index in [0.29, 0.717) is 25.7 Å². The van der Waals surface area contributed by atoms with Crippen LogP contribution in [0.15, 0.2) is 18.2 Å². The van der Waals surface area contributed by atoms with Gasteiger partial charge in [-0.2, -0.15) is 0 Å². The zero-order valence-corrected chi connectivity index (χ0v) is 10.6. The number of fused-ring (bicyclic) bond motifs is 1. The first-order valence-electron chi connectivity index (χ1n) is 6.44. The minimum absolute atomic E-state index is 0.0462. The Bertz CT molecular complexity index is 443. The molecule has 1 unspecified atom stereocenters. The molecule has 2 aliphatic rings. The Labute approximate surface area is 107 Å². The van der Waals surface area contributed by atoms with Crippen LogP contribution < -0.4 is 15.2 Å². The van der Waals surface area contributed by atoms with E-state index in [0.717, 1.165) is 24.7 Å². The molecule has 0 bridgehead atoms. The molecule has 3 rings (SSSR count). The van der Waals surface area contributed by atoms with Gasteiger partial charge in [-0.05, 0) is 30.2 Å². The van der Waals surface area contributed by atoms with E-state index < -0.39 is 0 Å². The standard InChI is InChI=1S/C14H19NO3/c1-10(7-15)14(8-16-9-14)11-2-3-12-13(6-11)18-5-4-17-12/h2-3,6,10H,4-5,7-9,15H2,1H3. The quantitative estimate of drug-likeness (QED) is 0.878. The highest BCUT2D eigenvalue weighted by molar-refractivity contribution is 5.47. The molecule has 0 aliphatic carbocycles. The van der Waals surface area contributed by atoms with Crippen molar-refractivity contribution in [2.24, 2.45) is 11.7 Å². The van der Waals surface area contributed by atoms with Gasteiger partial charge in [0.25, 0.3) is 0 Å². The molecule has 0 spiro atoms. The van der Waals surface area contributed by atoms with Gasteiger partial charge in [-0.15, -0.1) is 0 Å². The van der Waals surface area contributed by atoms with E-state index in [1.807, 2.05) is 6.07 Å². The number of nitrogens with two attached hydrogens (primary N) is 1. The molecule has 4 heteroatoms. The largest absolute Gasteiger partial charge is 0.486 e. The maximum absolute atomic E-state index is 5.83. The van der Waals surface area contributed by atoms with Crippen LogP contribution >= 0.6 is 0 Å². The maximum atomic E-state index is 5.83. The van der Waals surface area contributed by atoms with Crippen LogP contribution in [-0.4, -0.2) is 33.0 Å². The van der Waals surface area contributed by atoms with E-state index in [-0.39, 0.29) is 5.41 Å². The van der Waals surface area contributed by atoms with Crippen LogP contribution in [0.3, 0.4) is 0 Å². The number of ether oxygens (including phenoxy) is 3. The Morgan fingerprint density at radius 1 is 1.22 bits per heavy atom. The van der Waals surface area contributed by atoms with Crippen LogP contribution in [0, 0.1) is 5.92 Å². The second-order valence-electron chi connectivity index (χ2n) is 5.14. The predicted molar refractivity (Wildman–Crippen MR) is 68.1 cm³/mol. The molecular weight excluding hydrogens is 230 g/mol. The molecule has 1 atom stereocenters. The molecule has 18 heavy (non-hydrogen) atoms. The molecule has 0 amide bonds. The lowest BCUT2D eigenvalue weighted by Crippen LogP contribution is -2.53. The van der Waals surface area contributed by atoms with Crippen molar-refractivity contribution in [1.82, 2.24) is 0 Å². The van der Waals surface area contributed by atoms with Gasteiger partial charge in [0.05, 0.1) is 13.2 Å². The first-order chi connectivity index (χ1) is 8.76. The molecule has 1 aromatic carbocycles. The van der Waals surface area contributed by atoms with Crippen molar-refractivity contribution in [2.75, 3.05) is 33.0 Å². The highest BCUT2D eigenvalue weighted by atomic mass is 16.6. The summed E-state index contributed by atoms with van der Waals surface area (Å²) in [5.41, 5.74) is 7.12. The topological polar surface area (TPSA) is 53.7 Å². The molecule has 2 N–H and O–H groups in total. The lowest BCUT2D eigenvalue weighted by atomic mass is 9.69. The summed E-state index contributed by atoms with van der Waals surface area (Å²) in [4.78, 5) is 0. The normalized spacial score (nSPS) is 22.1. The Morgan fingerprint density at radius 3 is 2.56 bits per heavy atom.